The number of aromatic nitrogens is 2. The molecule has 2 heterocycles. The number of fused-ring (bicyclic) bond motifs is 1. The lowest BCUT2D eigenvalue weighted by Gasteiger charge is -2.26. The van der Waals surface area contributed by atoms with Gasteiger partial charge in [-0.2, -0.15) is 5.10 Å². The maximum absolute atomic E-state index is 12.6. The van der Waals surface area contributed by atoms with Crippen molar-refractivity contribution < 1.29 is 19.0 Å². The van der Waals surface area contributed by atoms with Crippen LogP contribution >= 0.6 is 0 Å². The third kappa shape index (κ3) is 4.62. The van der Waals surface area contributed by atoms with E-state index in [-0.39, 0.29) is 0 Å². The summed E-state index contributed by atoms with van der Waals surface area (Å²) in [5.74, 6) is 1.92. The second kappa shape index (κ2) is 9.61. The summed E-state index contributed by atoms with van der Waals surface area (Å²) >= 11 is 0. The van der Waals surface area contributed by atoms with Gasteiger partial charge in [0.2, 0.25) is 5.75 Å². The Balaban J connectivity index is 1.41. The maximum Gasteiger partial charge on any atom is 0.324 e. The van der Waals surface area contributed by atoms with Gasteiger partial charge in [-0.1, -0.05) is 30.3 Å². The molecular weight excluding hydrogens is 410 g/mol. The summed E-state index contributed by atoms with van der Waals surface area (Å²) in [6.07, 6.45) is 0.804. The van der Waals surface area contributed by atoms with Gasteiger partial charge >= 0.3 is 6.03 Å². The summed E-state index contributed by atoms with van der Waals surface area (Å²) in [5, 5.41) is 13.0. The molecule has 0 bridgehead atoms. The van der Waals surface area contributed by atoms with Crippen LogP contribution in [0.2, 0.25) is 0 Å². The monoisotopic (exact) mass is 437 g/mol. The van der Waals surface area contributed by atoms with Crippen molar-refractivity contribution >= 4 is 17.5 Å². The number of hydrogen-bond acceptors (Lipinski definition) is 6. The largest absolute Gasteiger partial charge is 0.493 e. The topological polar surface area (TPSA) is 101 Å². The molecule has 0 atom stereocenters. The molecule has 32 heavy (non-hydrogen) atoms. The molecule has 9 nitrogen and oxygen atoms in total. The lowest BCUT2D eigenvalue weighted by atomic mass is 10.1. The molecule has 1 aliphatic rings. The van der Waals surface area contributed by atoms with Gasteiger partial charge in [0.25, 0.3) is 0 Å². The summed E-state index contributed by atoms with van der Waals surface area (Å²) in [6, 6.07) is 13.3. The second-order valence-corrected chi connectivity index (χ2v) is 7.47. The molecule has 1 aliphatic heterocycles. The molecular formula is C23H27N5O4. The Kier molecular flexibility index (Phi) is 6.46. The number of rotatable bonds is 7. The zero-order valence-corrected chi connectivity index (χ0v) is 18.4. The molecule has 0 fully saturated rings. The molecule has 0 saturated carbocycles. The molecule has 4 rings (SSSR count). The van der Waals surface area contributed by atoms with Crippen LogP contribution in [0.5, 0.6) is 17.2 Å². The molecule has 0 radical (unpaired) electrons. The first-order valence-corrected chi connectivity index (χ1v) is 10.3. The lowest BCUT2D eigenvalue weighted by molar-refractivity contribution is 0.242. The van der Waals surface area contributed by atoms with Gasteiger partial charge < -0.3 is 19.5 Å². The molecule has 2 amide bonds. The molecule has 0 spiro atoms. The zero-order valence-electron chi connectivity index (χ0n) is 18.4. The van der Waals surface area contributed by atoms with Crippen molar-refractivity contribution in [1.82, 2.24) is 15.1 Å². The van der Waals surface area contributed by atoms with Crippen LogP contribution in [0.4, 0.5) is 16.3 Å². The van der Waals surface area contributed by atoms with Crippen molar-refractivity contribution in [2.45, 2.75) is 19.5 Å². The number of carbonyl (C=O) groups excluding carboxylic acids is 1. The lowest BCUT2D eigenvalue weighted by Crippen LogP contribution is -2.30. The summed E-state index contributed by atoms with van der Waals surface area (Å²) < 4.78 is 16.0. The number of H-pyrrole nitrogens is 1. The summed E-state index contributed by atoms with van der Waals surface area (Å²) in [4.78, 5) is 15.0. The van der Waals surface area contributed by atoms with E-state index in [4.69, 9.17) is 14.2 Å². The van der Waals surface area contributed by atoms with Gasteiger partial charge in [-0.05, 0) is 12.0 Å². The number of amides is 2. The van der Waals surface area contributed by atoms with Crippen molar-refractivity contribution in [3.05, 3.63) is 59.3 Å². The van der Waals surface area contributed by atoms with E-state index in [1.54, 1.807) is 12.1 Å². The van der Waals surface area contributed by atoms with Gasteiger partial charge in [0.15, 0.2) is 17.3 Å². The fourth-order valence-corrected chi connectivity index (χ4v) is 3.88. The van der Waals surface area contributed by atoms with Crippen LogP contribution < -0.4 is 24.8 Å². The maximum atomic E-state index is 12.6. The Hall–Kier alpha value is -3.72. The number of benzene rings is 2. The number of urea groups is 1. The van der Waals surface area contributed by atoms with E-state index in [1.165, 1.54) is 26.9 Å². The highest BCUT2D eigenvalue weighted by atomic mass is 16.5. The van der Waals surface area contributed by atoms with Crippen molar-refractivity contribution in [2.75, 3.05) is 38.5 Å². The molecule has 0 saturated heterocycles. The Morgan fingerprint density at radius 1 is 1.06 bits per heavy atom. The van der Waals surface area contributed by atoms with Crippen molar-refractivity contribution in [3.8, 4) is 17.2 Å². The van der Waals surface area contributed by atoms with E-state index in [2.05, 4.69) is 50.0 Å². The van der Waals surface area contributed by atoms with Crippen LogP contribution in [0, 0.1) is 0 Å². The van der Waals surface area contributed by atoms with Crippen LogP contribution in [0.1, 0.15) is 16.8 Å². The summed E-state index contributed by atoms with van der Waals surface area (Å²) in [7, 11) is 4.58. The summed E-state index contributed by atoms with van der Waals surface area (Å²) in [6.45, 7) is 2.53. The molecule has 168 valence electrons. The van der Waals surface area contributed by atoms with E-state index in [0.29, 0.717) is 28.8 Å². The van der Waals surface area contributed by atoms with Crippen molar-refractivity contribution in [1.29, 1.82) is 0 Å². The predicted octanol–water partition coefficient (Wildman–Crippen LogP) is 3.64. The first kappa shape index (κ1) is 21.5. The highest BCUT2D eigenvalue weighted by Crippen LogP contribution is 2.40. The first-order valence-electron chi connectivity index (χ1n) is 10.3. The molecule has 3 aromatic rings. The molecule has 2 aromatic carbocycles. The Bertz CT molecular complexity index is 1060. The number of hydrogen-bond donors (Lipinski definition) is 3. The normalized spacial score (nSPS) is 13.2. The van der Waals surface area contributed by atoms with E-state index in [1.807, 2.05) is 6.07 Å². The number of methoxy groups -OCH3 is 3. The highest BCUT2D eigenvalue weighted by molar-refractivity contribution is 6.00. The average molecular weight is 438 g/mol. The van der Waals surface area contributed by atoms with Gasteiger partial charge in [0, 0.05) is 37.3 Å². The first-order chi connectivity index (χ1) is 15.6. The zero-order chi connectivity index (χ0) is 22.5. The van der Waals surface area contributed by atoms with Gasteiger partial charge in [-0.25, -0.2) is 4.79 Å². The van der Waals surface area contributed by atoms with Crippen molar-refractivity contribution in [3.63, 3.8) is 0 Å². The summed E-state index contributed by atoms with van der Waals surface area (Å²) in [5.41, 5.74) is 3.85. The molecule has 1 aromatic heterocycles. The third-order valence-corrected chi connectivity index (χ3v) is 5.42. The average Bonchev–Trinajstić information content (AvgIpc) is 3.20. The Labute approximate surface area is 186 Å². The quantitative estimate of drug-likeness (QED) is 0.522. The van der Waals surface area contributed by atoms with E-state index < -0.39 is 6.03 Å². The van der Waals surface area contributed by atoms with Crippen LogP contribution in [-0.4, -0.2) is 49.0 Å². The van der Waals surface area contributed by atoms with E-state index >= 15 is 0 Å². The van der Waals surface area contributed by atoms with E-state index in [0.717, 1.165) is 37.3 Å². The highest BCUT2D eigenvalue weighted by Gasteiger charge is 2.23. The second-order valence-electron chi connectivity index (χ2n) is 7.47. The minimum atomic E-state index is -0.403. The van der Waals surface area contributed by atoms with Gasteiger partial charge in [-0.15, -0.1) is 0 Å². The Morgan fingerprint density at radius 2 is 1.78 bits per heavy atom. The molecule has 0 unspecified atom stereocenters. The van der Waals surface area contributed by atoms with Gasteiger partial charge in [-0.3, -0.25) is 15.3 Å². The van der Waals surface area contributed by atoms with Crippen LogP contribution in [-0.2, 0) is 19.5 Å². The number of nitrogens with one attached hydrogen (secondary N) is 3. The molecule has 9 heteroatoms. The van der Waals surface area contributed by atoms with E-state index in [9.17, 15) is 4.79 Å². The van der Waals surface area contributed by atoms with Crippen LogP contribution in [0.15, 0.2) is 42.5 Å². The standard InChI is InChI=1S/C23H27N5O4/c1-30-19-11-16(12-20(31-2)21(19)32-3)24-23(29)25-22-17-9-10-28(14-18(17)26-27-22)13-15-7-5-4-6-8-15/h4-8,11-12H,9-10,13-14H2,1-3H3,(H3,24,25,26,27,29). The minimum Gasteiger partial charge on any atom is -0.493 e. The fraction of sp³-hybridized carbons (Fsp3) is 0.304. The number of aromatic amines is 1. The van der Waals surface area contributed by atoms with Gasteiger partial charge in [0.1, 0.15) is 0 Å². The smallest absolute Gasteiger partial charge is 0.324 e. The predicted molar refractivity (Wildman–Crippen MR) is 122 cm³/mol. The van der Waals surface area contributed by atoms with Crippen LogP contribution in [0.25, 0.3) is 0 Å². The number of nitrogens with zero attached hydrogens (tertiary/aromatic N) is 2. The number of ether oxygens (including phenoxy) is 3. The minimum absolute atomic E-state index is 0.403. The third-order valence-electron chi connectivity index (χ3n) is 5.42. The molecule has 3 N–H and O–H groups in total. The molecule has 0 aliphatic carbocycles. The number of carbonyl (C=O) groups is 1. The number of anilines is 2. The van der Waals surface area contributed by atoms with Crippen molar-refractivity contribution in [2.24, 2.45) is 0 Å². The van der Waals surface area contributed by atoms with Crippen LogP contribution in [0.3, 0.4) is 0 Å². The van der Waals surface area contributed by atoms with Gasteiger partial charge in [0.05, 0.1) is 32.7 Å². The Morgan fingerprint density at radius 3 is 2.44 bits per heavy atom. The fourth-order valence-electron chi connectivity index (χ4n) is 3.88. The SMILES string of the molecule is COc1cc(NC(=O)Nc2n[nH]c3c2CCN(Cc2ccccc2)C3)cc(OC)c1OC.